The number of pyridine rings is 1. The van der Waals surface area contributed by atoms with Crippen molar-refractivity contribution in [1.82, 2.24) is 4.98 Å². The van der Waals surface area contributed by atoms with E-state index in [9.17, 15) is 0 Å². The van der Waals surface area contributed by atoms with Gasteiger partial charge >= 0.3 is 58.2 Å². The molecule has 2 nitrogen and oxygen atoms in total. The summed E-state index contributed by atoms with van der Waals surface area (Å²) < 4.78 is 0. The largest absolute Gasteiger partial charge is 1.00 e. The van der Waals surface area contributed by atoms with E-state index in [2.05, 4.69) is 11.1 Å². The van der Waals surface area contributed by atoms with Crippen molar-refractivity contribution in [3.8, 4) is 6.07 Å². The Hall–Kier alpha value is 0.445. The van der Waals surface area contributed by atoms with Crippen molar-refractivity contribution < 1.29 is 58.2 Å². The SMILES string of the molecule is CCc1c[c-]c(C#N)nc1.[Rb+]. The average molecular weight is 217 g/mol. The molecule has 0 radical (unpaired) electrons. The van der Waals surface area contributed by atoms with E-state index < -0.39 is 0 Å². The minimum absolute atomic E-state index is 0. The Morgan fingerprint density at radius 3 is 2.82 bits per heavy atom. The zero-order valence-electron chi connectivity index (χ0n) is 6.76. The Bertz CT molecular complexity index is 248. The number of rotatable bonds is 1. The minimum Gasteiger partial charge on any atom is -0.287 e. The molecule has 0 saturated heterocycles. The van der Waals surface area contributed by atoms with Crippen molar-refractivity contribution >= 4 is 0 Å². The van der Waals surface area contributed by atoms with E-state index in [-0.39, 0.29) is 58.2 Å². The van der Waals surface area contributed by atoms with Crippen LogP contribution in [0.5, 0.6) is 0 Å². The molecule has 0 fully saturated rings. The molecule has 0 amide bonds. The van der Waals surface area contributed by atoms with Crippen LogP contribution >= 0.6 is 0 Å². The van der Waals surface area contributed by atoms with Crippen molar-refractivity contribution in [2.24, 2.45) is 0 Å². The van der Waals surface area contributed by atoms with Gasteiger partial charge in [0.05, 0.1) is 0 Å². The fourth-order valence-corrected chi connectivity index (χ4v) is 0.638. The average Bonchev–Trinajstić information content (AvgIpc) is 2.05. The van der Waals surface area contributed by atoms with Gasteiger partial charge in [0.15, 0.2) is 0 Å². The van der Waals surface area contributed by atoms with E-state index in [1.54, 1.807) is 12.3 Å². The van der Waals surface area contributed by atoms with Gasteiger partial charge in [-0.1, -0.05) is 13.3 Å². The van der Waals surface area contributed by atoms with Gasteiger partial charge in [-0.25, -0.2) is 0 Å². The summed E-state index contributed by atoms with van der Waals surface area (Å²) in [6, 6.07) is 6.47. The maximum Gasteiger partial charge on any atom is 1.00 e. The van der Waals surface area contributed by atoms with Crippen LogP contribution in [0.1, 0.15) is 18.2 Å². The Morgan fingerprint density at radius 1 is 1.73 bits per heavy atom. The number of nitriles is 1. The number of aryl methyl sites for hydroxylation is 1. The molecule has 0 aliphatic heterocycles. The second-order valence-electron chi connectivity index (χ2n) is 1.94. The van der Waals surface area contributed by atoms with Crippen LogP contribution in [0.4, 0.5) is 0 Å². The van der Waals surface area contributed by atoms with Gasteiger partial charge < -0.3 is 0 Å². The molecular formula is C8H7N2Rb. The molecular weight excluding hydrogens is 210 g/mol. The molecule has 0 aliphatic carbocycles. The fraction of sp³-hybridized carbons (Fsp3) is 0.250. The standard InChI is InChI=1S/C8H7N2.Rb/c1-2-7-3-4-8(5-9)10-6-7;/h3,6H,2H2,1H3;/q-1;+1. The second-order valence-corrected chi connectivity index (χ2v) is 1.94. The van der Waals surface area contributed by atoms with Crippen LogP contribution < -0.4 is 58.2 Å². The first-order chi connectivity index (χ1) is 4.86. The van der Waals surface area contributed by atoms with Crippen LogP contribution in [-0.4, -0.2) is 4.98 Å². The molecule has 0 atom stereocenters. The van der Waals surface area contributed by atoms with E-state index in [0.29, 0.717) is 5.69 Å². The predicted molar refractivity (Wildman–Crippen MR) is 37.2 cm³/mol. The molecule has 11 heavy (non-hydrogen) atoms. The first kappa shape index (κ1) is 11.4. The zero-order chi connectivity index (χ0) is 7.40. The summed E-state index contributed by atoms with van der Waals surface area (Å²) in [5.74, 6) is 0. The number of hydrogen-bond donors (Lipinski definition) is 0. The molecule has 0 aliphatic rings. The third-order valence-electron chi connectivity index (χ3n) is 1.27. The Labute approximate surface area is 115 Å². The van der Waals surface area contributed by atoms with E-state index in [0.717, 1.165) is 12.0 Å². The molecule has 1 rings (SSSR count). The third-order valence-corrected chi connectivity index (χ3v) is 1.27. The quantitative estimate of drug-likeness (QED) is 0.526. The van der Waals surface area contributed by atoms with Crippen LogP contribution in [-0.2, 0) is 6.42 Å². The maximum absolute atomic E-state index is 8.36. The molecule has 0 unspecified atom stereocenters. The number of nitrogens with zero attached hydrogens (tertiary/aromatic N) is 2. The third kappa shape index (κ3) is 3.57. The molecule has 1 aromatic rings. The van der Waals surface area contributed by atoms with Gasteiger partial charge in [0.1, 0.15) is 0 Å². The van der Waals surface area contributed by atoms with Crippen molar-refractivity contribution in [2.45, 2.75) is 13.3 Å². The minimum atomic E-state index is 0. The van der Waals surface area contributed by atoms with Crippen LogP contribution in [0.3, 0.4) is 0 Å². The van der Waals surface area contributed by atoms with Gasteiger partial charge in [-0.15, -0.1) is 11.6 Å². The Balaban J connectivity index is 0.000001000. The van der Waals surface area contributed by atoms with E-state index in [1.165, 1.54) is 0 Å². The van der Waals surface area contributed by atoms with Gasteiger partial charge in [0.25, 0.3) is 0 Å². The van der Waals surface area contributed by atoms with Gasteiger partial charge in [0.2, 0.25) is 0 Å². The summed E-state index contributed by atoms with van der Waals surface area (Å²) in [6.07, 6.45) is 2.64. The molecule has 0 spiro atoms. The molecule has 1 heterocycles. The molecule has 0 aromatic carbocycles. The molecule has 0 N–H and O–H groups in total. The summed E-state index contributed by atoms with van der Waals surface area (Å²) in [4.78, 5) is 3.85. The van der Waals surface area contributed by atoms with Crippen LogP contribution in [0.2, 0.25) is 0 Å². The smallest absolute Gasteiger partial charge is 0.287 e. The second kappa shape index (κ2) is 6.02. The first-order valence-electron chi connectivity index (χ1n) is 3.13. The van der Waals surface area contributed by atoms with Crippen molar-refractivity contribution in [3.05, 3.63) is 29.6 Å². The van der Waals surface area contributed by atoms with Gasteiger partial charge in [-0.2, -0.15) is 6.07 Å². The van der Waals surface area contributed by atoms with Crippen LogP contribution in [0.15, 0.2) is 12.3 Å². The first-order valence-corrected chi connectivity index (χ1v) is 3.13. The van der Waals surface area contributed by atoms with Gasteiger partial charge in [-0.3, -0.25) is 10.2 Å². The fourth-order valence-electron chi connectivity index (χ4n) is 0.638. The molecule has 0 bridgehead atoms. The summed E-state index contributed by atoms with van der Waals surface area (Å²) in [6.45, 7) is 2.04. The van der Waals surface area contributed by atoms with Gasteiger partial charge in [-0.05, 0) is 12.3 Å². The Morgan fingerprint density at radius 2 is 2.45 bits per heavy atom. The topological polar surface area (TPSA) is 36.7 Å². The van der Waals surface area contributed by atoms with Crippen molar-refractivity contribution in [1.29, 1.82) is 5.26 Å². The van der Waals surface area contributed by atoms with E-state index >= 15 is 0 Å². The molecule has 50 valence electrons. The predicted octanol–water partition coefficient (Wildman–Crippen LogP) is -1.68. The molecule has 1 aromatic heterocycles. The maximum atomic E-state index is 8.36. The number of hydrogen-bond acceptors (Lipinski definition) is 2. The molecule has 0 saturated carbocycles. The zero-order valence-corrected chi connectivity index (χ0v) is 11.7. The summed E-state index contributed by atoms with van der Waals surface area (Å²) in [5, 5.41) is 8.36. The summed E-state index contributed by atoms with van der Waals surface area (Å²) in [7, 11) is 0. The van der Waals surface area contributed by atoms with Gasteiger partial charge in [0, 0.05) is 5.69 Å². The van der Waals surface area contributed by atoms with Crippen LogP contribution in [0.25, 0.3) is 0 Å². The van der Waals surface area contributed by atoms with E-state index in [4.69, 9.17) is 5.26 Å². The van der Waals surface area contributed by atoms with Crippen molar-refractivity contribution in [3.63, 3.8) is 0 Å². The summed E-state index contributed by atoms with van der Waals surface area (Å²) >= 11 is 0. The Kier molecular flexibility index (Phi) is 6.26. The van der Waals surface area contributed by atoms with Crippen molar-refractivity contribution in [2.75, 3.05) is 0 Å². The number of aromatic nitrogens is 1. The van der Waals surface area contributed by atoms with E-state index in [1.807, 2.05) is 13.0 Å². The molecule has 3 heteroatoms. The van der Waals surface area contributed by atoms with Crippen LogP contribution in [0, 0.1) is 17.4 Å². The monoisotopic (exact) mass is 216 g/mol. The summed E-state index contributed by atoms with van der Waals surface area (Å²) in [5.41, 5.74) is 1.47. The normalized spacial score (nSPS) is 8.00.